The summed E-state index contributed by atoms with van der Waals surface area (Å²) < 4.78 is 0.789. The van der Waals surface area contributed by atoms with Gasteiger partial charge in [-0.25, -0.2) is 0 Å². The third-order valence-corrected chi connectivity index (χ3v) is 5.34. The number of carbonyl (C=O) groups excluding carboxylic acids is 1. The van der Waals surface area contributed by atoms with E-state index in [1.165, 1.54) is 28.7 Å². The minimum Gasteiger partial charge on any atom is -0.353 e. The van der Waals surface area contributed by atoms with Crippen LogP contribution in [0, 0.1) is 0 Å². The van der Waals surface area contributed by atoms with Crippen molar-refractivity contribution in [2.75, 3.05) is 11.1 Å². The van der Waals surface area contributed by atoms with Gasteiger partial charge in [0.2, 0.25) is 11.0 Å². The minimum absolute atomic E-state index is 0.0317. The molecule has 1 aromatic carbocycles. The molecule has 1 heterocycles. The second kappa shape index (κ2) is 8.88. The normalized spacial score (nSPS) is 12.0. The summed E-state index contributed by atoms with van der Waals surface area (Å²) in [5.41, 5.74) is 2.29. The Morgan fingerprint density at radius 1 is 1.26 bits per heavy atom. The van der Waals surface area contributed by atoms with E-state index in [0.29, 0.717) is 5.75 Å². The number of hydrogen-bond acceptors (Lipinski definition) is 6. The van der Waals surface area contributed by atoms with E-state index >= 15 is 0 Å². The molecule has 1 aromatic heterocycles. The van der Waals surface area contributed by atoms with E-state index in [9.17, 15) is 4.79 Å². The summed E-state index contributed by atoms with van der Waals surface area (Å²) in [6.45, 7) is 6.18. The van der Waals surface area contributed by atoms with Crippen molar-refractivity contribution in [1.29, 1.82) is 0 Å². The molecule has 1 atom stereocenters. The fourth-order valence-corrected chi connectivity index (χ4v) is 3.40. The quantitative estimate of drug-likeness (QED) is 0.708. The summed E-state index contributed by atoms with van der Waals surface area (Å²) in [4.78, 5) is 11.8. The molecule has 0 aliphatic carbocycles. The van der Waals surface area contributed by atoms with Crippen LogP contribution in [0.4, 0.5) is 10.8 Å². The van der Waals surface area contributed by atoms with E-state index in [4.69, 9.17) is 0 Å². The smallest absolute Gasteiger partial charge is 0.230 e. The number of benzene rings is 1. The van der Waals surface area contributed by atoms with Crippen LogP contribution in [0.3, 0.4) is 0 Å². The molecule has 0 aliphatic heterocycles. The first-order valence-corrected chi connectivity index (χ1v) is 9.52. The second-order valence-corrected chi connectivity index (χ2v) is 7.41. The van der Waals surface area contributed by atoms with Crippen molar-refractivity contribution in [3.8, 4) is 0 Å². The maximum Gasteiger partial charge on any atom is 0.230 e. The van der Waals surface area contributed by atoms with E-state index in [1.54, 1.807) is 0 Å². The number of thioether (sulfide) groups is 1. The molecule has 0 bridgehead atoms. The Balaban J connectivity index is 1.84. The van der Waals surface area contributed by atoms with Crippen molar-refractivity contribution < 1.29 is 4.79 Å². The number of hydrogen-bond donors (Lipinski definition) is 2. The third kappa shape index (κ3) is 5.84. The Bertz CT molecular complexity index is 627. The number of carbonyl (C=O) groups is 1. The monoisotopic (exact) mass is 350 g/mol. The Hall–Kier alpha value is -1.60. The topological polar surface area (TPSA) is 66.9 Å². The van der Waals surface area contributed by atoms with Gasteiger partial charge in [-0.1, -0.05) is 49.1 Å². The van der Waals surface area contributed by atoms with Crippen LogP contribution in [0.25, 0.3) is 0 Å². The van der Waals surface area contributed by atoms with Crippen molar-refractivity contribution >= 4 is 39.8 Å². The van der Waals surface area contributed by atoms with E-state index in [-0.39, 0.29) is 11.9 Å². The van der Waals surface area contributed by atoms with Crippen molar-refractivity contribution in [1.82, 2.24) is 15.5 Å². The van der Waals surface area contributed by atoms with Crippen LogP contribution in [0.5, 0.6) is 0 Å². The third-order valence-electron chi connectivity index (χ3n) is 3.37. The number of aryl methyl sites for hydroxylation is 1. The number of nitrogens with one attached hydrogen (secondary N) is 2. The van der Waals surface area contributed by atoms with Gasteiger partial charge < -0.3 is 10.6 Å². The average molecular weight is 351 g/mol. The Morgan fingerprint density at radius 2 is 2.00 bits per heavy atom. The van der Waals surface area contributed by atoms with Gasteiger partial charge in [-0.2, -0.15) is 0 Å². The molecule has 0 spiro atoms. The number of amides is 1. The van der Waals surface area contributed by atoms with Gasteiger partial charge in [0.25, 0.3) is 0 Å². The molecule has 1 amide bonds. The van der Waals surface area contributed by atoms with Gasteiger partial charge in [-0.05, 0) is 37.5 Å². The fourth-order valence-electron chi connectivity index (χ4n) is 1.81. The highest BCUT2D eigenvalue weighted by molar-refractivity contribution is 8.01. The van der Waals surface area contributed by atoms with Crippen LogP contribution in [0.1, 0.15) is 32.8 Å². The molecular weight excluding hydrogens is 328 g/mol. The van der Waals surface area contributed by atoms with Gasteiger partial charge in [-0.15, -0.1) is 10.2 Å². The Labute approximate surface area is 145 Å². The van der Waals surface area contributed by atoms with Crippen molar-refractivity contribution in [3.63, 3.8) is 0 Å². The molecule has 7 heteroatoms. The van der Waals surface area contributed by atoms with Crippen molar-refractivity contribution in [2.45, 2.75) is 44.0 Å². The molecule has 1 unspecified atom stereocenters. The molecule has 0 radical (unpaired) electrons. The Morgan fingerprint density at radius 3 is 2.65 bits per heavy atom. The van der Waals surface area contributed by atoms with Gasteiger partial charge in [-0.3, -0.25) is 4.79 Å². The first kappa shape index (κ1) is 17.7. The fraction of sp³-hybridized carbons (Fsp3) is 0.438. The van der Waals surface area contributed by atoms with Crippen LogP contribution in [-0.2, 0) is 11.2 Å². The largest absolute Gasteiger partial charge is 0.353 e. The van der Waals surface area contributed by atoms with Crippen LogP contribution < -0.4 is 10.6 Å². The zero-order valence-corrected chi connectivity index (χ0v) is 15.3. The summed E-state index contributed by atoms with van der Waals surface area (Å²) in [7, 11) is 0. The molecule has 124 valence electrons. The van der Waals surface area contributed by atoms with Crippen molar-refractivity contribution in [3.05, 3.63) is 29.8 Å². The minimum atomic E-state index is 0.0317. The van der Waals surface area contributed by atoms with E-state index in [0.717, 1.165) is 28.0 Å². The molecule has 0 fully saturated rings. The standard InChI is InChI=1S/C16H22N4OS2/c1-4-11(3)17-14(21)10-22-16-20-19-15(23-16)18-13-8-6-12(5-2)7-9-13/h6-9,11H,4-5,10H2,1-3H3,(H,17,21)(H,18,19). The van der Waals surface area contributed by atoms with E-state index < -0.39 is 0 Å². The summed E-state index contributed by atoms with van der Waals surface area (Å²) >= 11 is 2.87. The molecule has 2 rings (SSSR count). The highest BCUT2D eigenvalue weighted by atomic mass is 32.2. The lowest BCUT2D eigenvalue weighted by molar-refractivity contribution is -0.119. The first-order chi connectivity index (χ1) is 11.1. The number of aromatic nitrogens is 2. The van der Waals surface area contributed by atoms with Gasteiger partial charge >= 0.3 is 0 Å². The highest BCUT2D eigenvalue weighted by Gasteiger charge is 2.10. The van der Waals surface area contributed by atoms with Crippen LogP contribution >= 0.6 is 23.1 Å². The molecule has 0 aliphatic rings. The molecule has 23 heavy (non-hydrogen) atoms. The molecule has 2 aromatic rings. The maximum atomic E-state index is 11.8. The predicted octanol–water partition coefficient (Wildman–Crippen LogP) is 3.85. The van der Waals surface area contributed by atoms with Crippen molar-refractivity contribution in [2.24, 2.45) is 0 Å². The van der Waals surface area contributed by atoms with E-state index in [1.807, 2.05) is 26.0 Å². The molecule has 0 saturated heterocycles. The lowest BCUT2D eigenvalue weighted by atomic mass is 10.1. The van der Waals surface area contributed by atoms with Crippen LogP contribution in [0.15, 0.2) is 28.6 Å². The summed E-state index contributed by atoms with van der Waals surface area (Å²) in [6.07, 6.45) is 1.96. The molecule has 0 saturated carbocycles. The number of anilines is 2. The Kier molecular flexibility index (Phi) is 6.85. The van der Waals surface area contributed by atoms with Gasteiger partial charge in [0.15, 0.2) is 4.34 Å². The SMILES string of the molecule is CCc1ccc(Nc2nnc(SCC(=O)NC(C)CC)s2)cc1. The molecule has 5 nitrogen and oxygen atoms in total. The highest BCUT2D eigenvalue weighted by Crippen LogP contribution is 2.27. The van der Waals surface area contributed by atoms with E-state index in [2.05, 4.69) is 39.9 Å². The molecule has 2 N–H and O–H groups in total. The first-order valence-electron chi connectivity index (χ1n) is 7.72. The summed E-state index contributed by atoms with van der Waals surface area (Å²) in [5, 5.41) is 15.1. The predicted molar refractivity (Wildman–Crippen MR) is 97.6 cm³/mol. The average Bonchev–Trinajstić information content (AvgIpc) is 3.01. The summed E-state index contributed by atoms with van der Waals surface area (Å²) in [5.74, 6) is 0.397. The summed E-state index contributed by atoms with van der Waals surface area (Å²) in [6, 6.07) is 8.47. The van der Waals surface area contributed by atoms with Gasteiger partial charge in [0, 0.05) is 11.7 Å². The van der Waals surface area contributed by atoms with Crippen LogP contribution in [-0.4, -0.2) is 27.9 Å². The van der Waals surface area contributed by atoms with Gasteiger partial charge in [0.05, 0.1) is 5.75 Å². The maximum absolute atomic E-state index is 11.8. The lowest BCUT2D eigenvalue weighted by Crippen LogP contribution is -2.33. The second-order valence-electron chi connectivity index (χ2n) is 5.21. The lowest BCUT2D eigenvalue weighted by Gasteiger charge is -2.09. The van der Waals surface area contributed by atoms with Gasteiger partial charge in [0.1, 0.15) is 0 Å². The number of rotatable bonds is 8. The zero-order valence-electron chi connectivity index (χ0n) is 13.6. The van der Waals surface area contributed by atoms with Crippen LogP contribution in [0.2, 0.25) is 0 Å². The number of nitrogens with zero attached hydrogens (tertiary/aromatic N) is 2. The molecular formula is C16H22N4OS2. The zero-order chi connectivity index (χ0) is 16.7.